The number of esters is 1. The summed E-state index contributed by atoms with van der Waals surface area (Å²) in [4.78, 5) is 16.1. The second kappa shape index (κ2) is 7.26. The summed E-state index contributed by atoms with van der Waals surface area (Å²) < 4.78 is 18.3. The summed E-state index contributed by atoms with van der Waals surface area (Å²) in [5.74, 6) is -1.19. The van der Waals surface area contributed by atoms with E-state index in [9.17, 15) is 9.18 Å². The molecular formula is C15H17FN2O2S. The molecule has 0 spiro atoms. The Kier molecular flexibility index (Phi) is 5.38. The van der Waals surface area contributed by atoms with E-state index in [4.69, 9.17) is 17.0 Å². The normalized spacial score (nSPS) is 21.4. The zero-order valence-electron chi connectivity index (χ0n) is 11.7. The number of aliphatic imine (C=N–C) groups is 1. The molecule has 4 nitrogen and oxygen atoms in total. The van der Waals surface area contributed by atoms with Crippen LogP contribution in [-0.4, -0.2) is 36.1 Å². The van der Waals surface area contributed by atoms with E-state index >= 15 is 0 Å². The summed E-state index contributed by atoms with van der Waals surface area (Å²) in [5.41, 5.74) is 1.58. The smallest absolute Gasteiger partial charge is 0.316 e. The van der Waals surface area contributed by atoms with Crippen LogP contribution in [0.4, 0.5) is 4.39 Å². The van der Waals surface area contributed by atoms with Crippen LogP contribution >= 0.6 is 12.2 Å². The first-order valence-electron chi connectivity index (χ1n) is 6.74. The highest BCUT2D eigenvalue weighted by Crippen LogP contribution is 2.15. The maximum Gasteiger partial charge on any atom is 0.316 e. The number of thiocarbonyl (C=S) groups is 1. The van der Waals surface area contributed by atoms with Gasteiger partial charge in [0.2, 0.25) is 0 Å². The van der Waals surface area contributed by atoms with E-state index in [1.54, 1.807) is 6.92 Å². The van der Waals surface area contributed by atoms with Gasteiger partial charge in [0.1, 0.15) is 12.6 Å². The lowest BCUT2D eigenvalue weighted by Gasteiger charge is -2.28. The van der Waals surface area contributed by atoms with Crippen molar-refractivity contribution >= 4 is 29.0 Å². The van der Waals surface area contributed by atoms with Gasteiger partial charge in [0.15, 0.2) is 5.11 Å². The Morgan fingerprint density at radius 1 is 1.43 bits per heavy atom. The van der Waals surface area contributed by atoms with Crippen LogP contribution in [0.15, 0.2) is 35.3 Å². The molecule has 0 amide bonds. The van der Waals surface area contributed by atoms with Crippen molar-refractivity contribution in [2.45, 2.75) is 19.4 Å². The van der Waals surface area contributed by atoms with E-state index in [2.05, 4.69) is 10.3 Å². The lowest BCUT2D eigenvalue weighted by Crippen LogP contribution is -2.51. The summed E-state index contributed by atoms with van der Waals surface area (Å²) in [7, 11) is 0. The van der Waals surface area contributed by atoms with Crippen LogP contribution in [0, 0.1) is 5.92 Å². The SMILES string of the molecule is CC1=NC(=S)NC(CF)C1C(=O)OCCc1ccccc1. The Morgan fingerprint density at radius 3 is 2.81 bits per heavy atom. The fraction of sp³-hybridized carbons (Fsp3) is 0.400. The van der Waals surface area contributed by atoms with Gasteiger partial charge in [-0.3, -0.25) is 4.79 Å². The van der Waals surface area contributed by atoms with Crippen molar-refractivity contribution < 1.29 is 13.9 Å². The van der Waals surface area contributed by atoms with Crippen molar-refractivity contribution in [2.75, 3.05) is 13.3 Å². The zero-order valence-corrected chi connectivity index (χ0v) is 12.5. The van der Waals surface area contributed by atoms with Crippen LogP contribution in [0.3, 0.4) is 0 Å². The van der Waals surface area contributed by atoms with Crippen LogP contribution < -0.4 is 5.32 Å². The second-order valence-corrected chi connectivity index (χ2v) is 5.23. The fourth-order valence-electron chi connectivity index (χ4n) is 2.26. The molecule has 112 valence electrons. The van der Waals surface area contributed by atoms with Crippen molar-refractivity contribution in [3.63, 3.8) is 0 Å². The summed E-state index contributed by atoms with van der Waals surface area (Å²) in [6, 6.07) is 9.02. The van der Waals surface area contributed by atoms with E-state index in [1.807, 2.05) is 30.3 Å². The lowest BCUT2D eigenvalue weighted by molar-refractivity contribution is -0.146. The molecule has 1 heterocycles. The van der Waals surface area contributed by atoms with Gasteiger partial charge in [0, 0.05) is 12.1 Å². The average Bonchev–Trinajstić information content (AvgIpc) is 2.47. The number of ether oxygens (including phenoxy) is 1. The molecular weight excluding hydrogens is 291 g/mol. The average molecular weight is 308 g/mol. The topological polar surface area (TPSA) is 50.7 Å². The number of hydrogen-bond acceptors (Lipinski definition) is 3. The molecule has 1 aliphatic rings. The Labute approximate surface area is 128 Å². The molecule has 1 aromatic rings. The van der Waals surface area contributed by atoms with E-state index < -0.39 is 24.6 Å². The maximum atomic E-state index is 13.0. The lowest BCUT2D eigenvalue weighted by atomic mass is 9.94. The van der Waals surface area contributed by atoms with E-state index in [-0.39, 0.29) is 11.7 Å². The van der Waals surface area contributed by atoms with Crippen molar-refractivity contribution in [3.05, 3.63) is 35.9 Å². The van der Waals surface area contributed by atoms with E-state index in [1.165, 1.54) is 0 Å². The van der Waals surface area contributed by atoms with Gasteiger partial charge in [-0.1, -0.05) is 30.3 Å². The molecule has 2 atom stereocenters. The third-order valence-electron chi connectivity index (χ3n) is 3.34. The molecule has 1 aliphatic heterocycles. The largest absolute Gasteiger partial charge is 0.465 e. The molecule has 2 rings (SSSR count). The van der Waals surface area contributed by atoms with Crippen molar-refractivity contribution in [1.82, 2.24) is 5.32 Å². The third kappa shape index (κ3) is 4.07. The van der Waals surface area contributed by atoms with Crippen LogP contribution in [0.25, 0.3) is 0 Å². The standard InChI is InChI=1S/C15H17FN2O2S/c1-10-13(12(9-16)18-15(21)17-10)14(19)20-8-7-11-5-3-2-4-6-11/h2-6,12-13H,7-9H2,1H3,(H,18,21). The highest BCUT2D eigenvalue weighted by atomic mass is 32.1. The predicted molar refractivity (Wildman–Crippen MR) is 83.2 cm³/mol. The van der Waals surface area contributed by atoms with Gasteiger partial charge in [-0.05, 0) is 24.7 Å². The number of nitrogens with one attached hydrogen (secondary N) is 1. The third-order valence-corrected chi connectivity index (χ3v) is 3.55. The van der Waals surface area contributed by atoms with E-state index in [0.717, 1.165) is 5.56 Å². The molecule has 2 unspecified atom stereocenters. The number of rotatable bonds is 5. The van der Waals surface area contributed by atoms with Crippen LogP contribution in [0.2, 0.25) is 0 Å². The van der Waals surface area contributed by atoms with Crippen LogP contribution in [0.5, 0.6) is 0 Å². The summed E-state index contributed by atoms with van der Waals surface area (Å²) in [6.07, 6.45) is 0.627. The highest BCUT2D eigenvalue weighted by Gasteiger charge is 2.35. The summed E-state index contributed by atoms with van der Waals surface area (Å²) >= 11 is 4.90. The first kappa shape index (κ1) is 15.6. The number of carbonyl (C=O) groups is 1. The predicted octanol–water partition coefficient (Wildman–Crippen LogP) is 2.08. The minimum atomic E-state index is -0.725. The summed E-state index contributed by atoms with van der Waals surface area (Å²) in [6.45, 7) is 1.22. The molecule has 0 saturated carbocycles. The monoisotopic (exact) mass is 308 g/mol. The molecule has 0 fully saturated rings. The fourth-order valence-corrected chi connectivity index (χ4v) is 2.56. The number of alkyl halides is 1. The van der Waals surface area contributed by atoms with Crippen LogP contribution in [0.1, 0.15) is 12.5 Å². The van der Waals surface area contributed by atoms with Gasteiger partial charge in [-0.25, -0.2) is 9.38 Å². The Bertz CT molecular complexity index is 548. The number of carbonyl (C=O) groups excluding carboxylic acids is 1. The molecule has 1 aromatic carbocycles. The summed E-state index contributed by atoms with van der Waals surface area (Å²) in [5, 5.41) is 2.92. The molecule has 0 bridgehead atoms. The van der Waals surface area contributed by atoms with Crippen molar-refractivity contribution in [1.29, 1.82) is 0 Å². The second-order valence-electron chi connectivity index (χ2n) is 4.84. The number of halogens is 1. The van der Waals surface area contributed by atoms with Gasteiger partial charge in [-0.15, -0.1) is 0 Å². The van der Waals surface area contributed by atoms with Gasteiger partial charge >= 0.3 is 5.97 Å². The highest BCUT2D eigenvalue weighted by molar-refractivity contribution is 7.80. The number of nitrogens with zero attached hydrogens (tertiary/aromatic N) is 1. The van der Waals surface area contributed by atoms with Crippen molar-refractivity contribution in [2.24, 2.45) is 10.9 Å². The first-order chi connectivity index (χ1) is 10.1. The Balaban J connectivity index is 1.92. The zero-order chi connectivity index (χ0) is 15.2. The molecule has 1 N–H and O–H groups in total. The maximum absolute atomic E-state index is 13.0. The molecule has 0 aliphatic carbocycles. The minimum absolute atomic E-state index is 0.212. The Morgan fingerprint density at radius 2 is 2.14 bits per heavy atom. The van der Waals surface area contributed by atoms with Gasteiger partial charge in [-0.2, -0.15) is 0 Å². The van der Waals surface area contributed by atoms with Crippen molar-refractivity contribution in [3.8, 4) is 0 Å². The first-order valence-corrected chi connectivity index (χ1v) is 7.15. The van der Waals surface area contributed by atoms with Gasteiger partial charge < -0.3 is 10.1 Å². The van der Waals surface area contributed by atoms with E-state index in [0.29, 0.717) is 12.1 Å². The molecule has 0 radical (unpaired) electrons. The van der Waals surface area contributed by atoms with Crippen LogP contribution in [-0.2, 0) is 16.0 Å². The Hall–Kier alpha value is -1.82. The molecule has 0 saturated heterocycles. The van der Waals surface area contributed by atoms with Gasteiger partial charge in [0.25, 0.3) is 0 Å². The molecule has 0 aromatic heterocycles. The number of hydrogen-bond donors (Lipinski definition) is 1. The molecule has 6 heteroatoms. The van der Waals surface area contributed by atoms with Gasteiger partial charge in [0.05, 0.1) is 12.6 Å². The molecule has 21 heavy (non-hydrogen) atoms. The minimum Gasteiger partial charge on any atom is -0.465 e. The number of benzene rings is 1. The quantitative estimate of drug-likeness (QED) is 0.668.